The van der Waals surface area contributed by atoms with Crippen molar-refractivity contribution in [3.8, 4) is 0 Å². The lowest BCUT2D eigenvalue weighted by Gasteiger charge is -2.17. The summed E-state index contributed by atoms with van der Waals surface area (Å²) in [4.78, 5) is 0. The maximum absolute atomic E-state index is 5.54. The van der Waals surface area contributed by atoms with Crippen LogP contribution in [0.1, 0.15) is 20.3 Å². The second-order valence-corrected chi connectivity index (χ2v) is 2.99. The van der Waals surface area contributed by atoms with Gasteiger partial charge in [-0.3, -0.25) is 0 Å². The van der Waals surface area contributed by atoms with Crippen molar-refractivity contribution in [2.24, 2.45) is 0 Å². The summed E-state index contributed by atoms with van der Waals surface area (Å²) in [5.74, 6) is 0. The van der Waals surface area contributed by atoms with Crippen LogP contribution >= 0.6 is 0 Å². The van der Waals surface area contributed by atoms with E-state index in [4.69, 9.17) is 9.47 Å². The molecule has 12 heavy (non-hydrogen) atoms. The Bertz CT molecular complexity index is 94.5. The summed E-state index contributed by atoms with van der Waals surface area (Å²) in [6.07, 6.45) is 1.29. The first-order chi connectivity index (χ1) is 5.74. The molecule has 3 heteroatoms. The molecule has 3 nitrogen and oxygen atoms in total. The molecule has 74 valence electrons. The number of methoxy groups -OCH3 is 1. The smallest absolute Gasteiger partial charge is 0.0781 e. The van der Waals surface area contributed by atoms with Gasteiger partial charge in [0.05, 0.1) is 19.3 Å². The Morgan fingerprint density at radius 1 is 1.33 bits per heavy atom. The van der Waals surface area contributed by atoms with Crippen LogP contribution in [0.4, 0.5) is 0 Å². The SMILES string of the molecule is CCC(COC(C)COC)NC. The molecule has 0 saturated carbocycles. The summed E-state index contributed by atoms with van der Waals surface area (Å²) in [6, 6.07) is 0.462. The highest BCUT2D eigenvalue weighted by Crippen LogP contribution is 1.96. The van der Waals surface area contributed by atoms with E-state index in [9.17, 15) is 0 Å². The maximum Gasteiger partial charge on any atom is 0.0781 e. The highest BCUT2D eigenvalue weighted by molar-refractivity contribution is 4.61. The Kier molecular flexibility index (Phi) is 7.45. The standard InChI is InChI=1S/C9H21NO2/c1-5-9(10-3)7-12-8(2)6-11-4/h8-10H,5-7H2,1-4H3. The maximum atomic E-state index is 5.54. The van der Waals surface area contributed by atoms with E-state index in [2.05, 4.69) is 12.2 Å². The van der Waals surface area contributed by atoms with E-state index < -0.39 is 0 Å². The van der Waals surface area contributed by atoms with Crippen LogP contribution in [0.15, 0.2) is 0 Å². The third-order valence-corrected chi connectivity index (χ3v) is 1.88. The second kappa shape index (κ2) is 7.53. The Hall–Kier alpha value is -0.120. The fourth-order valence-electron chi connectivity index (χ4n) is 0.969. The number of likely N-dealkylation sites (N-methyl/N-ethyl adjacent to an activating group) is 1. The normalized spacial score (nSPS) is 16.0. The summed E-state index contributed by atoms with van der Waals surface area (Å²) in [6.45, 7) is 5.59. The summed E-state index contributed by atoms with van der Waals surface area (Å²) in [5, 5.41) is 3.18. The molecule has 0 bridgehead atoms. The monoisotopic (exact) mass is 175 g/mol. The topological polar surface area (TPSA) is 30.5 Å². The Morgan fingerprint density at radius 3 is 2.42 bits per heavy atom. The molecule has 0 aliphatic rings. The molecule has 2 atom stereocenters. The highest BCUT2D eigenvalue weighted by atomic mass is 16.5. The second-order valence-electron chi connectivity index (χ2n) is 2.99. The molecule has 0 amide bonds. The predicted octanol–water partition coefficient (Wildman–Crippen LogP) is 1.04. The average molecular weight is 175 g/mol. The fourth-order valence-corrected chi connectivity index (χ4v) is 0.969. The molecule has 0 spiro atoms. The molecule has 0 aliphatic carbocycles. The first kappa shape index (κ1) is 11.9. The molecule has 0 aliphatic heterocycles. The van der Waals surface area contributed by atoms with Gasteiger partial charge in [0.1, 0.15) is 0 Å². The van der Waals surface area contributed by atoms with Gasteiger partial charge in [-0.1, -0.05) is 6.92 Å². The van der Waals surface area contributed by atoms with Gasteiger partial charge in [0.25, 0.3) is 0 Å². The van der Waals surface area contributed by atoms with Gasteiger partial charge < -0.3 is 14.8 Å². The molecule has 2 unspecified atom stereocenters. The van der Waals surface area contributed by atoms with Crippen molar-refractivity contribution in [1.82, 2.24) is 5.32 Å². The summed E-state index contributed by atoms with van der Waals surface area (Å²) >= 11 is 0. The minimum atomic E-state index is 0.192. The fraction of sp³-hybridized carbons (Fsp3) is 1.00. The number of hydrogen-bond donors (Lipinski definition) is 1. The van der Waals surface area contributed by atoms with Crippen LogP contribution in [0.3, 0.4) is 0 Å². The van der Waals surface area contributed by atoms with E-state index in [0.717, 1.165) is 13.0 Å². The van der Waals surface area contributed by atoms with E-state index in [1.54, 1.807) is 7.11 Å². The van der Waals surface area contributed by atoms with E-state index in [1.807, 2.05) is 14.0 Å². The van der Waals surface area contributed by atoms with Gasteiger partial charge >= 0.3 is 0 Å². The van der Waals surface area contributed by atoms with Crippen molar-refractivity contribution in [2.45, 2.75) is 32.4 Å². The number of nitrogens with one attached hydrogen (secondary N) is 1. The number of ether oxygens (including phenoxy) is 2. The molecule has 0 radical (unpaired) electrons. The third kappa shape index (κ3) is 5.52. The van der Waals surface area contributed by atoms with Crippen molar-refractivity contribution < 1.29 is 9.47 Å². The van der Waals surface area contributed by atoms with Crippen molar-refractivity contribution in [1.29, 1.82) is 0 Å². The number of rotatable bonds is 7. The van der Waals surface area contributed by atoms with Crippen LogP contribution in [0.25, 0.3) is 0 Å². The van der Waals surface area contributed by atoms with Crippen LogP contribution in [0.5, 0.6) is 0 Å². The van der Waals surface area contributed by atoms with Gasteiger partial charge in [-0.15, -0.1) is 0 Å². The molecule has 0 saturated heterocycles. The van der Waals surface area contributed by atoms with Gasteiger partial charge in [0.15, 0.2) is 0 Å². The summed E-state index contributed by atoms with van der Waals surface area (Å²) in [7, 11) is 3.65. The largest absolute Gasteiger partial charge is 0.382 e. The first-order valence-corrected chi connectivity index (χ1v) is 4.52. The van der Waals surface area contributed by atoms with Crippen molar-refractivity contribution in [2.75, 3.05) is 27.4 Å². The lowest BCUT2D eigenvalue weighted by atomic mass is 10.2. The third-order valence-electron chi connectivity index (χ3n) is 1.88. The van der Waals surface area contributed by atoms with E-state index in [0.29, 0.717) is 12.6 Å². The molecule has 0 fully saturated rings. The minimum Gasteiger partial charge on any atom is -0.382 e. The highest BCUT2D eigenvalue weighted by Gasteiger charge is 2.06. The van der Waals surface area contributed by atoms with Crippen molar-refractivity contribution in [3.63, 3.8) is 0 Å². The van der Waals surface area contributed by atoms with Gasteiger partial charge in [-0.25, -0.2) is 0 Å². The van der Waals surface area contributed by atoms with Gasteiger partial charge in [-0.2, -0.15) is 0 Å². The molecular weight excluding hydrogens is 154 g/mol. The Balaban J connectivity index is 3.37. The molecule has 0 rings (SSSR count). The average Bonchev–Trinajstić information content (AvgIpc) is 2.07. The molecule has 0 heterocycles. The first-order valence-electron chi connectivity index (χ1n) is 4.52. The Morgan fingerprint density at radius 2 is 2.00 bits per heavy atom. The minimum absolute atomic E-state index is 0.192. The summed E-state index contributed by atoms with van der Waals surface area (Å²) < 4.78 is 10.5. The predicted molar refractivity (Wildman–Crippen MR) is 50.4 cm³/mol. The van der Waals surface area contributed by atoms with Crippen LogP contribution in [0, 0.1) is 0 Å². The van der Waals surface area contributed by atoms with Crippen LogP contribution in [0.2, 0.25) is 0 Å². The van der Waals surface area contributed by atoms with E-state index >= 15 is 0 Å². The zero-order valence-corrected chi connectivity index (χ0v) is 8.59. The molecular formula is C9H21NO2. The van der Waals surface area contributed by atoms with Crippen molar-refractivity contribution in [3.05, 3.63) is 0 Å². The lowest BCUT2D eigenvalue weighted by molar-refractivity contribution is 0.000152. The zero-order valence-electron chi connectivity index (χ0n) is 8.59. The van der Waals surface area contributed by atoms with Crippen LogP contribution in [-0.4, -0.2) is 39.5 Å². The van der Waals surface area contributed by atoms with Gasteiger partial charge in [0, 0.05) is 13.2 Å². The zero-order chi connectivity index (χ0) is 9.40. The van der Waals surface area contributed by atoms with Crippen LogP contribution in [-0.2, 0) is 9.47 Å². The Labute approximate surface area is 75.4 Å². The quantitative estimate of drug-likeness (QED) is 0.627. The summed E-state index contributed by atoms with van der Waals surface area (Å²) in [5.41, 5.74) is 0. The lowest BCUT2D eigenvalue weighted by Crippen LogP contribution is -2.32. The van der Waals surface area contributed by atoms with Gasteiger partial charge in [0.2, 0.25) is 0 Å². The van der Waals surface area contributed by atoms with Gasteiger partial charge in [-0.05, 0) is 20.4 Å². The van der Waals surface area contributed by atoms with Crippen molar-refractivity contribution >= 4 is 0 Å². The number of hydrogen-bond acceptors (Lipinski definition) is 3. The molecule has 0 aromatic carbocycles. The van der Waals surface area contributed by atoms with Crippen LogP contribution < -0.4 is 5.32 Å². The molecule has 0 aromatic rings. The molecule has 1 N–H and O–H groups in total. The van der Waals surface area contributed by atoms with E-state index in [1.165, 1.54) is 0 Å². The van der Waals surface area contributed by atoms with E-state index in [-0.39, 0.29) is 6.10 Å². The molecule has 0 aromatic heterocycles.